The van der Waals surface area contributed by atoms with Crippen LogP contribution in [0.15, 0.2) is 24.3 Å². The fraction of sp³-hybridized carbons (Fsp3) is 0.417. The summed E-state index contributed by atoms with van der Waals surface area (Å²) in [5, 5.41) is 0. The Kier molecular flexibility index (Phi) is 2.85. The number of nitrogens with zero attached hydrogens (tertiary/aromatic N) is 1. The lowest BCUT2D eigenvalue weighted by molar-refractivity contribution is -0.138. The molecule has 2 rings (SSSR count). The van der Waals surface area contributed by atoms with Gasteiger partial charge in [-0.1, -0.05) is 12.1 Å². The summed E-state index contributed by atoms with van der Waals surface area (Å²) in [6, 6.07) is 4.79. The number of amides is 1. The fourth-order valence-corrected chi connectivity index (χ4v) is 2.06. The first-order chi connectivity index (χ1) is 8.21. The Morgan fingerprint density at radius 2 is 1.89 bits per heavy atom. The Morgan fingerprint density at radius 1 is 1.33 bits per heavy atom. The molecule has 0 aromatic heterocycles. The SMILES string of the molecule is CC1(N)CN(C(=O)c2ccccc2C(F)(F)F)C1. The third-order valence-corrected chi connectivity index (χ3v) is 2.85. The molecule has 0 spiro atoms. The average molecular weight is 258 g/mol. The van der Waals surface area contributed by atoms with Gasteiger partial charge in [0, 0.05) is 18.6 Å². The van der Waals surface area contributed by atoms with Crippen LogP contribution >= 0.6 is 0 Å². The molecular formula is C12H13F3N2O. The van der Waals surface area contributed by atoms with Crippen molar-refractivity contribution in [1.82, 2.24) is 4.90 Å². The molecule has 1 heterocycles. The van der Waals surface area contributed by atoms with E-state index in [2.05, 4.69) is 0 Å². The van der Waals surface area contributed by atoms with Crippen molar-refractivity contribution in [2.45, 2.75) is 18.6 Å². The van der Waals surface area contributed by atoms with Crippen molar-refractivity contribution >= 4 is 5.91 Å². The number of alkyl halides is 3. The molecule has 18 heavy (non-hydrogen) atoms. The lowest BCUT2D eigenvalue weighted by Crippen LogP contribution is -2.66. The molecule has 0 unspecified atom stereocenters. The molecule has 1 aromatic carbocycles. The number of halogens is 3. The minimum Gasteiger partial charge on any atom is -0.335 e. The molecule has 1 amide bonds. The summed E-state index contributed by atoms with van der Waals surface area (Å²) < 4.78 is 38.3. The lowest BCUT2D eigenvalue weighted by atomic mass is 9.92. The van der Waals surface area contributed by atoms with Gasteiger partial charge in [0.05, 0.1) is 11.1 Å². The second-order valence-corrected chi connectivity index (χ2v) is 4.86. The molecule has 0 radical (unpaired) electrons. The number of benzene rings is 1. The summed E-state index contributed by atoms with van der Waals surface area (Å²) >= 11 is 0. The molecule has 2 N–H and O–H groups in total. The zero-order valence-electron chi connectivity index (χ0n) is 9.79. The van der Waals surface area contributed by atoms with Crippen LogP contribution in [0.3, 0.4) is 0 Å². The number of nitrogens with two attached hydrogens (primary N) is 1. The second-order valence-electron chi connectivity index (χ2n) is 4.86. The highest BCUT2D eigenvalue weighted by molar-refractivity contribution is 5.96. The summed E-state index contributed by atoms with van der Waals surface area (Å²) in [6.07, 6.45) is -4.52. The summed E-state index contributed by atoms with van der Waals surface area (Å²) in [5.41, 5.74) is 4.02. The van der Waals surface area contributed by atoms with Gasteiger partial charge < -0.3 is 10.6 Å². The van der Waals surface area contributed by atoms with Crippen LogP contribution in [0.4, 0.5) is 13.2 Å². The van der Waals surface area contributed by atoms with E-state index in [4.69, 9.17) is 5.73 Å². The maximum Gasteiger partial charge on any atom is 0.417 e. The van der Waals surface area contributed by atoms with E-state index in [-0.39, 0.29) is 18.7 Å². The molecule has 1 aliphatic rings. The van der Waals surface area contributed by atoms with Crippen molar-refractivity contribution in [3.8, 4) is 0 Å². The summed E-state index contributed by atoms with van der Waals surface area (Å²) in [7, 11) is 0. The number of carbonyl (C=O) groups is 1. The van der Waals surface area contributed by atoms with Gasteiger partial charge in [0.15, 0.2) is 0 Å². The van der Waals surface area contributed by atoms with Gasteiger partial charge in [0.25, 0.3) is 5.91 Å². The molecule has 1 aliphatic heterocycles. The van der Waals surface area contributed by atoms with Crippen LogP contribution in [0.1, 0.15) is 22.8 Å². The number of hydrogen-bond acceptors (Lipinski definition) is 2. The largest absolute Gasteiger partial charge is 0.417 e. The number of hydrogen-bond donors (Lipinski definition) is 1. The van der Waals surface area contributed by atoms with Gasteiger partial charge in [-0.25, -0.2) is 0 Å². The van der Waals surface area contributed by atoms with Gasteiger partial charge in [-0.15, -0.1) is 0 Å². The normalized spacial score (nSPS) is 18.4. The zero-order chi connectivity index (χ0) is 13.6. The Labute approximate surface area is 102 Å². The van der Waals surface area contributed by atoms with Crippen molar-refractivity contribution < 1.29 is 18.0 Å². The number of likely N-dealkylation sites (tertiary alicyclic amines) is 1. The summed E-state index contributed by atoms with van der Waals surface area (Å²) in [4.78, 5) is 13.3. The molecular weight excluding hydrogens is 245 g/mol. The van der Waals surface area contributed by atoms with Crippen LogP contribution < -0.4 is 5.73 Å². The molecule has 1 fully saturated rings. The Bertz CT molecular complexity index is 474. The van der Waals surface area contributed by atoms with Crippen molar-refractivity contribution in [3.05, 3.63) is 35.4 Å². The van der Waals surface area contributed by atoms with E-state index < -0.39 is 23.2 Å². The first-order valence-corrected chi connectivity index (χ1v) is 5.45. The Hall–Kier alpha value is -1.56. The molecule has 98 valence electrons. The first kappa shape index (κ1) is 12.9. The van der Waals surface area contributed by atoms with Gasteiger partial charge in [-0.2, -0.15) is 13.2 Å². The maximum atomic E-state index is 12.8. The predicted octanol–water partition coefficient (Wildman–Crippen LogP) is 1.88. The Morgan fingerprint density at radius 3 is 2.39 bits per heavy atom. The van der Waals surface area contributed by atoms with Crippen molar-refractivity contribution in [2.24, 2.45) is 5.73 Å². The Balaban J connectivity index is 2.27. The van der Waals surface area contributed by atoms with Crippen LogP contribution in [0, 0.1) is 0 Å². The topological polar surface area (TPSA) is 46.3 Å². The zero-order valence-corrected chi connectivity index (χ0v) is 9.79. The van der Waals surface area contributed by atoms with Crippen LogP contribution in [0.2, 0.25) is 0 Å². The first-order valence-electron chi connectivity index (χ1n) is 5.45. The van der Waals surface area contributed by atoms with Crippen LogP contribution in [0.5, 0.6) is 0 Å². The van der Waals surface area contributed by atoms with Gasteiger partial charge in [0.2, 0.25) is 0 Å². The molecule has 0 aliphatic carbocycles. The quantitative estimate of drug-likeness (QED) is 0.836. The third-order valence-electron chi connectivity index (χ3n) is 2.85. The van der Waals surface area contributed by atoms with Crippen LogP contribution in [0.25, 0.3) is 0 Å². The monoisotopic (exact) mass is 258 g/mol. The van der Waals surface area contributed by atoms with Gasteiger partial charge in [-0.05, 0) is 19.1 Å². The highest BCUT2D eigenvalue weighted by atomic mass is 19.4. The number of rotatable bonds is 1. The average Bonchev–Trinajstić information content (AvgIpc) is 2.23. The highest BCUT2D eigenvalue weighted by Crippen LogP contribution is 2.33. The van der Waals surface area contributed by atoms with Crippen molar-refractivity contribution in [1.29, 1.82) is 0 Å². The van der Waals surface area contributed by atoms with Gasteiger partial charge >= 0.3 is 6.18 Å². The molecule has 0 bridgehead atoms. The minimum absolute atomic E-state index is 0.276. The standard InChI is InChI=1S/C12H13F3N2O/c1-11(16)6-17(7-11)10(18)8-4-2-3-5-9(8)12(13,14)15/h2-5H,6-7,16H2,1H3. The van der Waals surface area contributed by atoms with Gasteiger partial charge in [0.1, 0.15) is 0 Å². The summed E-state index contributed by atoms with van der Waals surface area (Å²) in [6.45, 7) is 2.31. The molecule has 1 aromatic rings. The van der Waals surface area contributed by atoms with Crippen LogP contribution in [-0.4, -0.2) is 29.4 Å². The van der Waals surface area contributed by atoms with Crippen molar-refractivity contribution in [2.75, 3.05) is 13.1 Å². The second kappa shape index (κ2) is 3.98. The van der Waals surface area contributed by atoms with Gasteiger partial charge in [-0.3, -0.25) is 4.79 Å². The van der Waals surface area contributed by atoms with E-state index in [1.54, 1.807) is 6.92 Å². The summed E-state index contributed by atoms with van der Waals surface area (Å²) in [5.74, 6) is -0.620. The predicted molar refractivity (Wildman–Crippen MR) is 59.9 cm³/mol. The van der Waals surface area contributed by atoms with E-state index >= 15 is 0 Å². The highest BCUT2D eigenvalue weighted by Gasteiger charge is 2.41. The molecule has 1 saturated heterocycles. The smallest absolute Gasteiger partial charge is 0.335 e. The number of carbonyl (C=O) groups excluding carboxylic acids is 1. The molecule has 3 nitrogen and oxygen atoms in total. The van der Waals surface area contributed by atoms with E-state index in [9.17, 15) is 18.0 Å². The molecule has 0 saturated carbocycles. The third kappa shape index (κ3) is 2.33. The van der Waals surface area contributed by atoms with E-state index in [1.165, 1.54) is 23.1 Å². The van der Waals surface area contributed by atoms with Crippen LogP contribution in [-0.2, 0) is 6.18 Å². The maximum absolute atomic E-state index is 12.8. The van der Waals surface area contributed by atoms with E-state index in [0.29, 0.717) is 0 Å². The lowest BCUT2D eigenvalue weighted by Gasteiger charge is -2.45. The molecule has 6 heteroatoms. The van der Waals surface area contributed by atoms with E-state index in [0.717, 1.165) is 6.07 Å². The fourth-order valence-electron chi connectivity index (χ4n) is 2.06. The van der Waals surface area contributed by atoms with E-state index in [1.807, 2.05) is 0 Å². The minimum atomic E-state index is -4.52. The molecule has 0 atom stereocenters. The van der Waals surface area contributed by atoms with Crippen molar-refractivity contribution in [3.63, 3.8) is 0 Å².